The molecule has 2 fully saturated rings. The molecule has 0 bridgehead atoms. The SMILES string of the molecule is O=C1NC(=O)/C(=C/c2ccnc(NC3CCC(NCc4cncc5ccccc45)CC3)n2)S1. The van der Waals surface area contributed by atoms with Crippen LogP contribution in [-0.4, -0.2) is 38.2 Å². The summed E-state index contributed by atoms with van der Waals surface area (Å²) < 4.78 is 0. The van der Waals surface area contributed by atoms with E-state index < -0.39 is 0 Å². The molecule has 0 atom stereocenters. The minimum atomic E-state index is -0.386. The largest absolute Gasteiger partial charge is 0.351 e. The minimum Gasteiger partial charge on any atom is -0.351 e. The van der Waals surface area contributed by atoms with Crippen LogP contribution in [0.1, 0.15) is 36.9 Å². The number of imide groups is 1. The van der Waals surface area contributed by atoms with Crippen LogP contribution in [0.15, 0.2) is 53.8 Å². The highest BCUT2D eigenvalue weighted by Crippen LogP contribution is 2.26. The molecule has 33 heavy (non-hydrogen) atoms. The van der Waals surface area contributed by atoms with E-state index in [0.29, 0.717) is 28.6 Å². The number of pyridine rings is 1. The molecule has 1 aliphatic carbocycles. The van der Waals surface area contributed by atoms with E-state index in [4.69, 9.17) is 0 Å². The summed E-state index contributed by atoms with van der Waals surface area (Å²) in [4.78, 5) is 36.6. The van der Waals surface area contributed by atoms with Crippen LogP contribution < -0.4 is 16.0 Å². The van der Waals surface area contributed by atoms with Crippen molar-refractivity contribution in [3.8, 4) is 0 Å². The van der Waals surface area contributed by atoms with Gasteiger partial charge in [0, 0.05) is 42.6 Å². The first-order valence-corrected chi connectivity index (χ1v) is 11.8. The first-order chi connectivity index (χ1) is 16.1. The van der Waals surface area contributed by atoms with Gasteiger partial charge in [-0.1, -0.05) is 24.3 Å². The van der Waals surface area contributed by atoms with Gasteiger partial charge in [-0.05, 0) is 60.5 Å². The van der Waals surface area contributed by atoms with Crippen molar-refractivity contribution in [2.45, 2.75) is 44.3 Å². The summed E-state index contributed by atoms with van der Waals surface area (Å²) in [6.07, 6.45) is 11.3. The molecule has 1 aliphatic heterocycles. The molecular weight excluding hydrogens is 436 g/mol. The molecule has 1 aromatic carbocycles. The van der Waals surface area contributed by atoms with Gasteiger partial charge in [-0.25, -0.2) is 9.97 Å². The predicted molar refractivity (Wildman–Crippen MR) is 129 cm³/mol. The van der Waals surface area contributed by atoms with Crippen molar-refractivity contribution in [1.29, 1.82) is 0 Å². The molecule has 1 saturated heterocycles. The fraction of sp³-hybridized carbons (Fsp3) is 0.292. The van der Waals surface area contributed by atoms with Crippen molar-refractivity contribution in [2.75, 3.05) is 5.32 Å². The van der Waals surface area contributed by atoms with Crippen LogP contribution in [0.25, 0.3) is 16.8 Å². The number of fused-ring (bicyclic) bond motifs is 1. The Kier molecular flexibility index (Phi) is 6.32. The summed E-state index contributed by atoms with van der Waals surface area (Å²) in [6, 6.07) is 10.8. The van der Waals surface area contributed by atoms with Gasteiger partial charge < -0.3 is 10.6 Å². The quantitative estimate of drug-likeness (QED) is 0.476. The molecule has 0 spiro atoms. The molecular formula is C24H24N6O2S. The molecule has 1 saturated carbocycles. The van der Waals surface area contributed by atoms with Crippen LogP contribution in [-0.2, 0) is 11.3 Å². The van der Waals surface area contributed by atoms with Crippen LogP contribution in [0, 0.1) is 0 Å². The normalized spacial score (nSPS) is 22.0. The minimum absolute atomic E-state index is 0.302. The van der Waals surface area contributed by atoms with Crippen LogP contribution in [0.3, 0.4) is 0 Å². The van der Waals surface area contributed by atoms with Gasteiger partial charge in [0.15, 0.2) is 0 Å². The average Bonchev–Trinajstić information content (AvgIpc) is 3.15. The van der Waals surface area contributed by atoms with E-state index in [1.165, 1.54) is 16.3 Å². The lowest BCUT2D eigenvalue weighted by Gasteiger charge is -2.30. The van der Waals surface area contributed by atoms with Gasteiger partial charge in [0.05, 0.1) is 10.6 Å². The molecule has 0 unspecified atom stereocenters. The highest BCUT2D eigenvalue weighted by atomic mass is 32.2. The molecule has 9 heteroatoms. The number of amides is 2. The number of carbonyl (C=O) groups is 2. The van der Waals surface area contributed by atoms with E-state index >= 15 is 0 Å². The lowest BCUT2D eigenvalue weighted by molar-refractivity contribution is -0.115. The van der Waals surface area contributed by atoms with Gasteiger partial charge in [-0.2, -0.15) is 0 Å². The first-order valence-electron chi connectivity index (χ1n) is 11.0. The maximum atomic E-state index is 11.7. The second kappa shape index (κ2) is 9.68. The van der Waals surface area contributed by atoms with E-state index in [0.717, 1.165) is 44.0 Å². The molecule has 3 aromatic rings. The fourth-order valence-electron chi connectivity index (χ4n) is 4.28. The smallest absolute Gasteiger partial charge is 0.290 e. The van der Waals surface area contributed by atoms with Gasteiger partial charge in [-0.15, -0.1) is 0 Å². The summed E-state index contributed by atoms with van der Waals surface area (Å²) >= 11 is 0.884. The number of anilines is 1. The Balaban J connectivity index is 1.14. The van der Waals surface area contributed by atoms with Gasteiger partial charge in [0.2, 0.25) is 5.95 Å². The maximum absolute atomic E-state index is 11.7. The number of hydrogen-bond acceptors (Lipinski definition) is 8. The predicted octanol–water partition coefficient (Wildman–Crippen LogP) is 3.86. The summed E-state index contributed by atoms with van der Waals surface area (Å²) in [5.41, 5.74) is 1.82. The number of rotatable bonds is 6. The fourth-order valence-corrected chi connectivity index (χ4v) is 4.94. The van der Waals surface area contributed by atoms with Crippen molar-refractivity contribution >= 4 is 45.7 Å². The third kappa shape index (κ3) is 5.20. The van der Waals surface area contributed by atoms with E-state index in [-0.39, 0.29) is 11.1 Å². The number of nitrogens with one attached hydrogen (secondary N) is 3. The molecule has 0 radical (unpaired) electrons. The van der Waals surface area contributed by atoms with Crippen LogP contribution in [0.5, 0.6) is 0 Å². The summed E-state index contributed by atoms with van der Waals surface area (Å²) in [5.74, 6) is 0.153. The Hall–Kier alpha value is -3.30. The second-order valence-electron chi connectivity index (χ2n) is 8.25. The van der Waals surface area contributed by atoms with Gasteiger partial charge in [-0.3, -0.25) is 19.9 Å². The summed E-state index contributed by atoms with van der Waals surface area (Å²) in [7, 11) is 0. The van der Waals surface area contributed by atoms with E-state index in [9.17, 15) is 9.59 Å². The van der Waals surface area contributed by atoms with Crippen molar-refractivity contribution in [3.05, 3.63) is 65.1 Å². The zero-order chi connectivity index (χ0) is 22.6. The number of hydrogen-bond donors (Lipinski definition) is 3. The van der Waals surface area contributed by atoms with Crippen molar-refractivity contribution in [3.63, 3.8) is 0 Å². The number of thioether (sulfide) groups is 1. The molecule has 3 N–H and O–H groups in total. The topological polar surface area (TPSA) is 109 Å². The molecule has 3 heterocycles. The van der Waals surface area contributed by atoms with Crippen molar-refractivity contribution in [2.24, 2.45) is 0 Å². The molecule has 168 valence electrons. The third-order valence-electron chi connectivity index (χ3n) is 5.99. The van der Waals surface area contributed by atoms with Gasteiger partial charge in [0.1, 0.15) is 0 Å². The number of nitrogens with zero attached hydrogens (tertiary/aromatic N) is 3. The molecule has 5 rings (SSSR count). The highest BCUT2D eigenvalue weighted by molar-refractivity contribution is 8.18. The standard InChI is InChI=1S/C24H24N6O2S/c31-22-21(33-24(32)30-22)11-19-9-10-26-23(29-19)28-18-7-5-17(6-8-18)27-14-16-13-25-12-15-3-1-2-4-20(15)16/h1-4,9-13,17-18,27H,5-8,14H2,(H,26,28,29)(H,30,31,32)/b21-11-. The Morgan fingerprint density at radius 2 is 1.88 bits per heavy atom. The Morgan fingerprint density at radius 3 is 2.70 bits per heavy atom. The van der Waals surface area contributed by atoms with Crippen LogP contribution in [0.4, 0.5) is 10.7 Å². The average molecular weight is 461 g/mol. The third-order valence-corrected chi connectivity index (χ3v) is 6.80. The lowest BCUT2D eigenvalue weighted by atomic mass is 9.91. The van der Waals surface area contributed by atoms with E-state index in [1.807, 2.05) is 18.5 Å². The van der Waals surface area contributed by atoms with Crippen molar-refractivity contribution in [1.82, 2.24) is 25.6 Å². The monoisotopic (exact) mass is 460 g/mol. The van der Waals surface area contributed by atoms with E-state index in [1.54, 1.807) is 18.3 Å². The van der Waals surface area contributed by atoms with Gasteiger partial charge in [0.25, 0.3) is 11.1 Å². The first kappa shape index (κ1) is 21.5. The molecule has 2 aliphatic rings. The zero-order valence-corrected chi connectivity index (χ0v) is 18.8. The zero-order valence-electron chi connectivity index (χ0n) is 18.0. The lowest BCUT2D eigenvalue weighted by Crippen LogP contribution is -2.37. The number of aromatic nitrogens is 3. The van der Waals surface area contributed by atoms with Gasteiger partial charge >= 0.3 is 0 Å². The van der Waals surface area contributed by atoms with Crippen molar-refractivity contribution < 1.29 is 9.59 Å². The van der Waals surface area contributed by atoms with Crippen LogP contribution >= 0.6 is 11.8 Å². The Morgan fingerprint density at radius 1 is 1.06 bits per heavy atom. The maximum Gasteiger partial charge on any atom is 0.290 e. The molecule has 8 nitrogen and oxygen atoms in total. The summed E-state index contributed by atoms with van der Waals surface area (Å²) in [6.45, 7) is 0.811. The molecule has 2 aromatic heterocycles. The second-order valence-corrected chi connectivity index (χ2v) is 9.27. The van der Waals surface area contributed by atoms with Crippen LogP contribution in [0.2, 0.25) is 0 Å². The summed E-state index contributed by atoms with van der Waals surface area (Å²) in [5, 5.41) is 11.4. The highest BCUT2D eigenvalue weighted by Gasteiger charge is 2.25. The number of carbonyl (C=O) groups excluding carboxylic acids is 2. The Labute approximate surface area is 195 Å². The number of benzene rings is 1. The Bertz CT molecular complexity index is 1220. The van der Waals surface area contributed by atoms with E-state index in [2.05, 4.69) is 49.1 Å². The molecule has 2 amide bonds.